The van der Waals surface area contributed by atoms with Gasteiger partial charge in [-0.25, -0.2) is 8.42 Å². The van der Waals surface area contributed by atoms with E-state index in [2.05, 4.69) is 4.90 Å². The first-order valence-electron chi connectivity index (χ1n) is 12.3. The number of hydrogen-bond donors (Lipinski definition) is 0. The Morgan fingerprint density at radius 2 is 1.45 bits per heavy atom. The molecule has 0 aromatic heterocycles. The molecule has 0 N–H and O–H groups in total. The van der Waals surface area contributed by atoms with Crippen LogP contribution in [-0.2, 0) is 14.8 Å². The summed E-state index contributed by atoms with van der Waals surface area (Å²) in [6.45, 7) is 3.75. The monoisotopic (exact) mass is 539 g/mol. The van der Waals surface area contributed by atoms with E-state index in [1.54, 1.807) is 24.1 Å². The van der Waals surface area contributed by atoms with Crippen LogP contribution in [0, 0.1) is 6.92 Å². The zero-order valence-electron chi connectivity index (χ0n) is 22.1. The van der Waals surface area contributed by atoms with Crippen molar-refractivity contribution in [2.24, 2.45) is 0 Å². The van der Waals surface area contributed by atoms with Crippen LogP contribution in [-0.4, -0.2) is 73.3 Å². The van der Waals surface area contributed by atoms with Crippen LogP contribution >= 0.6 is 0 Å². The highest BCUT2D eigenvalue weighted by atomic mass is 32.2. The van der Waals surface area contributed by atoms with Crippen LogP contribution in [0.25, 0.3) is 0 Å². The minimum atomic E-state index is -4.10. The predicted octanol–water partition coefficient (Wildman–Crippen LogP) is 3.56. The van der Waals surface area contributed by atoms with Gasteiger partial charge >= 0.3 is 0 Å². The molecule has 1 amide bonds. The Morgan fingerprint density at radius 1 is 0.816 bits per heavy atom. The van der Waals surface area contributed by atoms with E-state index in [0.717, 1.165) is 21.3 Å². The number of piperazine rings is 1. The average Bonchev–Trinajstić information content (AvgIpc) is 2.95. The number of benzene rings is 3. The number of carbonyl (C=O) groups excluding carboxylic acids is 1. The molecule has 10 heteroatoms. The second kappa shape index (κ2) is 11.6. The summed E-state index contributed by atoms with van der Waals surface area (Å²) in [5, 5.41) is 0. The lowest BCUT2D eigenvalue weighted by Crippen LogP contribution is -2.52. The number of amides is 1. The Labute approximate surface area is 224 Å². The third-order valence-electron chi connectivity index (χ3n) is 6.60. The van der Waals surface area contributed by atoms with Gasteiger partial charge in [-0.15, -0.1) is 0 Å². The second-order valence-corrected chi connectivity index (χ2v) is 10.8. The molecule has 0 bridgehead atoms. The minimum absolute atomic E-state index is 0.00418. The van der Waals surface area contributed by atoms with Crippen LogP contribution < -0.4 is 23.4 Å². The lowest BCUT2D eigenvalue weighted by Gasteiger charge is -2.37. The average molecular weight is 540 g/mol. The smallest absolute Gasteiger partial charge is 0.264 e. The van der Waals surface area contributed by atoms with Crippen LogP contribution in [0.4, 0.5) is 11.4 Å². The van der Waals surface area contributed by atoms with Crippen molar-refractivity contribution in [3.05, 3.63) is 72.3 Å². The van der Waals surface area contributed by atoms with E-state index in [1.807, 2.05) is 43.3 Å². The summed E-state index contributed by atoms with van der Waals surface area (Å²) < 4.78 is 44.9. The highest BCUT2D eigenvalue weighted by molar-refractivity contribution is 7.92. The molecule has 202 valence electrons. The first kappa shape index (κ1) is 27.1. The van der Waals surface area contributed by atoms with Crippen molar-refractivity contribution in [3.8, 4) is 17.2 Å². The van der Waals surface area contributed by atoms with Crippen LogP contribution in [0.15, 0.2) is 71.6 Å². The number of para-hydroxylation sites is 2. The molecule has 0 radical (unpaired) electrons. The molecule has 0 spiro atoms. The Balaban J connectivity index is 1.57. The summed E-state index contributed by atoms with van der Waals surface area (Å²) in [6, 6.07) is 19.2. The van der Waals surface area contributed by atoms with Gasteiger partial charge in [-0.3, -0.25) is 9.10 Å². The van der Waals surface area contributed by atoms with Gasteiger partial charge in [0.05, 0.1) is 37.6 Å². The van der Waals surface area contributed by atoms with Crippen molar-refractivity contribution in [3.63, 3.8) is 0 Å². The minimum Gasteiger partial charge on any atom is -0.495 e. The van der Waals surface area contributed by atoms with Gasteiger partial charge in [0, 0.05) is 32.2 Å². The lowest BCUT2D eigenvalue weighted by molar-refractivity contribution is -0.129. The highest BCUT2D eigenvalue weighted by Gasteiger charge is 2.31. The predicted molar refractivity (Wildman–Crippen MR) is 147 cm³/mol. The van der Waals surface area contributed by atoms with Gasteiger partial charge in [-0.05, 0) is 43.3 Å². The maximum atomic E-state index is 13.8. The second-order valence-electron chi connectivity index (χ2n) is 8.90. The third-order valence-corrected chi connectivity index (χ3v) is 8.37. The van der Waals surface area contributed by atoms with Gasteiger partial charge < -0.3 is 24.0 Å². The van der Waals surface area contributed by atoms with E-state index in [1.165, 1.54) is 32.4 Å². The molecule has 0 unspecified atom stereocenters. The van der Waals surface area contributed by atoms with E-state index in [0.29, 0.717) is 37.6 Å². The molecular formula is C28H33N3O6S. The van der Waals surface area contributed by atoms with Crippen molar-refractivity contribution in [1.29, 1.82) is 0 Å². The van der Waals surface area contributed by atoms with Gasteiger partial charge in [-0.2, -0.15) is 0 Å². The molecule has 3 aromatic rings. The molecule has 3 aromatic carbocycles. The molecular weight excluding hydrogens is 506 g/mol. The van der Waals surface area contributed by atoms with Crippen molar-refractivity contribution in [2.75, 3.05) is 63.3 Å². The number of carbonyl (C=O) groups is 1. The number of methoxy groups -OCH3 is 3. The fourth-order valence-electron chi connectivity index (χ4n) is 4.44. The number of ether oxygens (including phenoxy) is 3. The van der Waals surface area contributed by atoms with E-state index >= 15 is 0 Å². The number of sulfonamides is 1. The van der Waals surface area contributed by atoms with E-state index in [-0.39, 0.29) is 23.1 Å². The molecule has 0 atom stereocenters. The molecule has 0 saturated carbocycles. The first-order valence-corrected chi connectivity index (χ1v) is 13.7. The maximum Gasteiger partial charge on any atom is 0.264 e. The zero-order valence-corrected chi connectivity index (χ0v) is 22.9. The summed E-state index contributed by atoms with van der Waals surface area (Å²) in [6.07, 6.45) is 0. The highest BCUT2D eigenvalue weighted by Crippen LogP contribution is 2.33. The van der Waals surface area contributed by atoms with Gasteiger partial charge in [-0.1, -0.05) is 29.8 Å². The van der Waals surface area contributed by atoms with Gasteiger partial charge in [0.2, 0.25) is 5.91 Å². The molecule has 1 aliphatic rings. The first-order chi connectivity index (χ1) is 18.3. The van der Waals surface area contributed by atoms with Crippen molar-refractivity contribution < 1.29 is 27.4 Å². The molecule has 1 saturated heterocycles. The van der Waals surface area contributed by atoms with Crippen molar-refractivity contribution in [1.82, 2.24) is 4.90 Å². The van der Waals surface area contributed by atoms with E-state index < -0.39 is 10.0 Å². The molecule has 0 aliphatic carbocycles. The summed E-state index contributed by atoms with van der Waals surface area (Å²) in [7, 11) is 0.466. The van der Waals surface area contributed by atoms with Crippen molar-refractivity contribution >= 4 is 27.3 Å². The summed E-state index contributed by atoms with van der Waals surface area (Å²) in [5.74, 6) is 1.21. The SMILES string of the molecule is COc1ccc(S(=O)(=O)N(CC(=O)N2CCN(c3ccccc3OC)CC2)c2ccc(C)cc2)cc1OC. The van der Waals surface area contributed by atoms with Crippen LogP contribution in [0.3, 0.4) is 0 Å². The van der Waals surface area contributed by atoms with Crippen LogP contribution in [0.1, 0.15) is 5.56 Å². The Hall–Kier alpha value is -3.92. The fourth-order valence-corrected chi connectivity index (χ4v) is 5.87. The number of rotatable bonds is 9. The Kier molecular flexibility index (Phi) is 8.31. The van der Waals surface area contributed by atoms with Crippen LogP contribution in [0.2, 0.25) is 0 Å². The molecule has 38 heavy (non-hydrogen) atoms. The van der Waals surface area contributed by atoms with E-state index in [9.17, 15) is 13.2 Å². The standard InChI is InChI=1S/C28H33N3O6S/c1-21-9-11-22(12-10-21)31(38(33,34)23-13-14-26(36-3)27(19-23)37-4)20-28(32)30-17-15-29(16-18-30)24-7-5-6-8-25(24)35-2/h5-14,19H,15-18,20H2,1-4H3. The lowest BCUT2D eigenvalue weighted by atomic mass is 10.2. The zero-order chi connectivity index (χ0) is 27.3. The Bertz CT molecular complexity index is 1370. The summed E-state index contributed by atoms with van der Waals surface area (Å²) in [5.41, 5.74) is 2.36. The topological polar surface area (TPSA) is 88.6 Å². The molecule has 1 fully saturated rings. The number of anilines is 2. The molecule has 1 aliphatic heterocycles. The van der Waals surface area contributed by atoms with Gasteiger partial charge in [0.25, 0.3) is 10.0 Å². The van der Waals surface area contributed by atoms with Crippen LogP contribution in [0.5, 0.6) is 17.2 Å². The largest absolute Gasteiger partial charge is 0.495 e. The number of hydrogen-bond acceptors (Lipinski definition) is 7. The normalized spacial score (nSPS) is 13.7. The summed E-state index contributed by atoms with van der Waals surface area (Å²) in [4.78, 5) is 17.3. The maximum absolute atomic E-state index is 13.8. The van der Waals surface area contributed by atoms with Crippen molar-refractivity contribution in [2.45, 2.75) is 11.8 Å². The summed E-state index contributed by atoms with van der Waals surface area (Å²) >= 11 is 0. The molecule has 9 nitrogen and oxygen atoms in total. The molecule has 4 rings (SSSR count). The third kappa shape index (κ3) is 5.65. The van der Waals surface area contributed by atoms with Gasteiger partial charge in [0.15, 0.2) is 11.5 Å². The van der Waals surface area contributed by atoms with Gasteiger partial charge in [0.1, 0.15) is 12.3 Å². The Morgan fingerprint density at radius 3 is 2.08 bits per heavy atom. The fraction of sp³-hybridized carbons (Fsp3) is 0.321. The molecule has 1 heterocycles. The number of aryl methyl sites for hydroxylation is 1. The van der Waals surface area contributed by atoms with E-state index in [4.69, 9.17) is 14.2 Å². The number of nitrogens with zero attached hydrogens (tertiary/aromatic N) is 3. The quantitative estimate of drug-likeness (QED) is 0.411.